The van der Waals surface area contributed by atoms with Crippen LogP contribution >= 0.6 is 0 Å². The molecule has 1 saturated heterocycles. The van der Waals surface area contributed by atoms with E-state index < -0.39 is 0 Å². The number of rotatable bonds is 3. The molecular weight excluding hydrogens is 348 g/mol. The number of benzene rings is 2. The van der Waals surface area contributed by atoms with Gasteiger partial charge in [-0.25, -0.2) is 4.79 Å². The summed E-state index contributed by atoms with van der Waals surface area (Å²) < 4.78 is 3.38. The van der Waals surface area contributed by atoms with Gasteiger partial charge in [0.25, 0.3) is 0 Å². The minimum atomic E-state index is -0.000265. The van der Waals surface area contributed by atoms with Gasteiger partial charge in [0.1, 0.15) is 0 Å². The first-order chi connectivity index (χ1) is 13.3. The number of imidazole rings is 1. The number of nitrogens with zero attached hydrogens (tertiary/aromatic N) is 3. The summed E-state index contributed by atoms with van der Waals surface area (Å²) >= 11 is 0. The molecule has 0 aliphatic carbocycles. The van der Waals surface area contributed by atoms with Gasteiger partial charge >= 0.3 is 5.69 Å². The average molecular weight is 379 g/mol. The van der Waals surface area contributed by atoms with Gasteiger partial charge in [-0.2, -0.15) is 0 Å². The number of anilines is 3. The molecule has 3 aromatic rings. The Morgan fingerprint density at radius 1 is 0.929 bits per heavy atom. The van der Waals surface area contributed by atoms with E-state index in [9.17, 15) is 4.79 Å². The minimum Gasteiger partial charge on any atom is -0.371 e. The number of nitrogens with one attached hydrogen (secondary N) is 1. The number of piperidine rings is 1. The third kappa shape index (κ3) is 3.19. The number of aromatic nitrogens is 2. The van der Waals surface area contributed by atoms with Crippen LogP contribution in [0.15, 0.2) is 35.1 Å². The van der Waals surface area contributed by atoms with Crippen LogP contribution in [0.25, 0.3) is 11.0 Å². The van der Waals surface area contributed by atoms with Crippen LogP contribution in [0.5, 0.6) is 0 Å². The Morgan fingerprint density at radius 2 is 1.54 bits per heavy atom. The molecule has 0 amide bonds. The smallest absolute Gasteiger partial charge is 0.328 e. The molecule has 4 rings (SSSR count). The van der Waals surface area contributed by atoms with Crippen molar-refractivity contribution in [2.75, 3.05) is 23.3 Å². The molecule has 0 atom stereocenters. The first-order valence-electron chi connectivity index (χ1n) is 10.1. The molecule has 5 nitrogen and oxygen atoms in total. The lowest BCUT2D eigenvalue weighted by molar-refractivity contribution is 0.438. The highest BCUT2D eigenvalue weighted by molar-refractivity contribution is 5.82. The van der Waals surface area contributed by atoms with Gasteiger partial charge in [-0.15, -0.1) is 0 Å². The summed E-state index contributed by atoms with van der Waals surface area (Å²) in [6.07, 6.45) is 2.54. The van der Waals surface area contributed by atoms with E-state index in [1.807, 2.05) is 26.2 Å². The predicted molar refractivity (Wildman–Crippen MR) is 118 cm³/mol. The number of hydrogen-bond donors (Lipinski definition) is 1. The highest BCUT2D eigenvalue weighted by Gasteiger charge is 2.17. The Hall–Kier alpha value is -2.69. The van der Waals surface area contributed by atoms with E-state index in [2.05, 4.69) is 49.2 Å². The summed E-state index contributed by atoms with van der Waals surface area (Å²) in [5.74, 6) is 0.836. The molecule has 2 aromatic carbocycles. The van der Waals surface area contributed by atoms with Crippen LogP contribution in [0.4, 0.5) is 17.1 Å². The summed E-state index contributed by atoms with van der Waals surface area (Å²) in [6, 6.07) is 10.7. The minimum absolute atomic E-state index is 0.000265. The maximum Gasteiger partial charge on any atom is 0.328 e. The van der Waals surface area contributed by atoms with Crippen LogP contribution in [0.3, 0.4) is 0 Å². The molecule has 0 unspecified atom stereocenters. The molecule has 0 radical (unpaired) electrons. The van der Waals surface area contributed by atoms with Gasteiger partial charge in [-0.05, 0) is 74.1 Å². The van der Waals surface area contributed by atoms with E-state index in [1.165, 1.54) is 29.7 Å². The van der Waals surface area contributed by atoms with Crippen molar-refractivity contribution in [1.82, 2.24) is 9.13 Å². The van der Waals surface area contributed by atoms with Crippen molar-refractivity contribution in [1.29, 1.82) is 0 Å². The van der Waals surface area contributed by atoms with Gasteiger partial charge < -0.3 is 10.2 Å². The zero-order valence-electron chi connectivity index (χ0n) is 17.5. The van der Waals surface area contributed by atoms with Crippen molar-refractivity contribution in [2.45, 2.75) is 33.6 Å². The summed E-state index contributed by atoms with van der Waals surface area (Å²) in [4.78, 5) is 14.7. The lowest BCUT2D eigenvalue weighted by Crippen LogP contribution is -2.32. The van der Waals surface area contributed by atoms with Crippen molar-refractivity contribution >= 4 is 28.1 Å². The van der Waals surface area contributed by atoms with Gasteiger partial charge in [-0.3, -0.25) is 9.13 Å². The SMILES string of the molecule is Cc1cc(N2CCC(C)CC2)cc(C)c1Nc1ccc2c(c1)n(C)c(=O)n2C. The quantitative estimate of drug-likeness (QED) is 0.731. The van der Waals surface area contributed by atoms with Crippen LogP contribution in [0.2, 0.25) is 0 Å². The van der Waals surface area contributed by atoms with Crippen molar-refractivity contribution in [3.05, 3.63) is 51.9 Å². The molecule has 1 N–H and O–H groups in total. The van der Waals surface area contributed by atoms with Crippen LogP contribution < -0.4 is 15.9 Å². The van der Waals surface area contributed by atoms with Gasteiger partial charge in [-0.1, -0.05) is 6.92 Å². The van der Waals surface area contributed by atoms with E-state index >= 15 is 0 Å². The molecule has 1 aromatic heterocycles. The van der Waals surface area contributed by atoms with Gasteiger partial charge in [0.2, 0.25) is 0 Å². The molecule has 1 fully saturated rings. The molecule has 0 bridgehead atoms. The normalized spacial score (nSPS) is 15.4. The van der Waals surface area contributed by atoms with E-state index in [-0.39, 0.29) is 5.69 Å². The number of hydrogen-bond acceptors (Lipinski definition) is 3. The van der Waals surface area contributed by atoms with Gasteiger partial charge in [0.15, 0.2) is 0 Å². The fourth-order valence-electron chi connectivity index (χ4n) is 4.32. The van der Waals surface area contributed by atoms with Gasteiger partial charge in [0, 0.05) is 44.2 Å². The molecule has 28 heavy (non-hydrogen) atoms. The van der Waals surface area contributed by atoms with Gasteiger partial charge in [0.05, 0.1) is 11.0 Å². The van der Waals surface area contributed by atoms with E-state index in [1.54, 1.807) is 9.13 Å². The largest absolute Gasteiger partial charge is 0.371 e. The molecule has 1 aliphatic rings. The van der Waals surface area contributed by atoms with Crippen LogP contribution in [-0.2, 0) is 14.1 Å². The summed E-state index contributed by atoms with van der Waals surface area (Å²) in [6.45, 7) is 8.97. The summed E-state index contributed by atoms with van der Waals surface area (Å²) in [7, 11) is 3.63. The van der Waals surface area contributed by atoms with Crippen LogP contribution in [-0.4, -0.2) is 22.2 Å². The monoisotopic (exact) mass is 378 g/mol. The summed E-state index contributed by atoms with van der Waals surface area (Å²) in [5.41, 5.74) is 7.85. The lowest BCUT2D eigenvalue weighted by Gasteiger charge is -2.33. The van der Waals surface area contributed by atoms with E-state index in [4.69, 9.17) is 0 Å². The van der Waals surface area contributed by atoms with Crippen molar-refractivity contribution in [3.8, 4) is 0 Å². The molecule has 5 heteroatoms. The lowest BCUT2D eigenvalue weighted by atomic mass is 9.98. The molecule has 0 spiro atoms. The third-order valence-corrected chi connectivity index (χ3v) is 6.21. The second kappa shape index (κ2) is 7.04. The number of aryl methyl sites for hydroxylation is 4. The molecule has 148 valence electrons. The highest BCUT2D eigenvalue weighted by Crippen LogP contribution is 2.32. The van der Waals surface area contributed by atoms with E-state index in [0.717, 1.165) is 41.4 Å². The maximum atomic E-state index is 12.2. The topological polar surface area (TPSA) is 42.2 Å². The zero-order chi connectivity index (χ0) is 20.0. The Bertz CT molecular complexity index is 1060. The Morgan fingerprint density at radius 3 is 2.18 bits per heavy atom. The molecule has 1 aliphatic heterocycles. The first-order valence-corrected chi connectivity index (χ1v) is 10.1. The third-order valence-electron chi connectivity index (χ3n) is 6.21. The Kier molecular flexibility index (Phi) is 4.69. The molecule has 0 saturated carbocycles. The second-order valence-electron chi connectivity index (χ2n) is 8.35. The Labute approximate surface area is 166 Å². The zero-order valence-corrected chi connectivity index (χ0v) is 17.5. The van der Waals surface area contributed by atoms with Crippen LogP contribution in [0, 0.1) is 19.8 Å². The van der Waals surface area contributed by atoms with E-state index in [0.29, 0.717) is 0 Å². The fraction of sp³-hybridized carbons (Fsp3) is 0.435. The van der Waals surface area contributed by atoms with Crippen molar-refractivity contribution in [3.63, 3.8) is 0 Å². The molecule has 2 heterocycles. The van der Waals surface area contributed by atoms with Crippen LogP contribution in [0.1, 0.15) is 30.9 Å². The fourth-order valence-corrected chi connectivity index (χ4v) is 4.32. The standard InChI is InChI=1S/C23H30N4O/c1-15-8-10-27(11-9-15)19-12-16(2)22(17(3)13-19)24-18-6-7-20-21(14-18)26(5)23(28)25(20)4/h6-7,12-15,24H,8-11H2,1-5H3. The first kappa shape index (κ1) is 18.7. The second-order valence-corrected chi connectivity index (χ2v) is 8.35. The Balaban J connectivity index is 1.64. The van der Waals surface area contributed by atoms with Crippen molar-refractivity contribution < 1.29 is 0 Å². The molecular formula is C23H30N4O. The average Bonchev–Trinajstić information content (AvgIpc) is 2.89. The highest BCUT2D eigenvalue weighted by atomic mass is 16.1. The number of fused-ring (bicyclic) bond motifs is 1. The summed E-state index contributed by atoms with van der Waals surface area (Å²) in [5, 5.41) is 3.58. The maximum absolute atomic E-state index is 12.2. The predicted octanol–water partition coefficient (Wildman–Crippen LogP) is 4.47. The van der Waals surface area contributed by atoms with Crippen molar-refractivity contribution in [2.24, 2.45) is 20.0 Å².